The van der Waals surface area contributed by atoms with Gasteiger partial charge in [-0.2, -0.15) is 0 Å². The maximum atomic E-state index is 11.5. The van der Waals surface area contributed by atoms with Crippen molar-refractivity contribution in [2.24, 2.45) is 0 Å². The van der Waals surface area contributed by atoms with Crippen molar-refractivity contribution in [3.63, 3.8) is 0 Å². The van der Waals surface area contributed by atoms with Crippen molar-refractivity contribution in [3.8, 4) is 0 Å². The fourth-order valence-electron chi connectivity index (χ4n) is 2.85. The molecule has 0 radical (unpaired) electrons. The first-order valence-corrected chi connectivity index (χ1v) is 8.61. The number of nitrogens with zero attached hydrogens (tertiary/aromatic N) is 1. The van der Waals surface area contributed by atoms with Gasteiger partial charge in [-0.25, -0.2) is 9.59 Å². The van der Waals surface area contributed by atoms with Gasteiger partial charge in [-0.3, -0.25) is 5.32 Å². The number of hydrogen-bond donors (Lipinski definition) is 2. The van der Waals surface area contributed by atoms with Gasteiger partial charge in [-0.05, 0) is 49.4 Å². The summed E-state index contributed by atoms with van der Waals surface area (Å²) in [5.74, 6) is 0. The molecule has 1 atom stereocenters. The molecule has 2 N–H and O–H groups in total. The number of anilines is 1. The van der Waals surface area contributed by atoms with E-state index in [0.717, 1.165) is 23.3 Å². The van der Waals surface area contributed by atoms with Crippen molar-refractivity contribution in [2.75, 3.05) is 19.0 Å². The minimum Gasteiger partial charge on any atom is -0.465 e. The molecule has 1 saturated carbocycles. The summed E-state index contributed by atoms with van der Waals surface area (Å²) in [4.78, 5) is 25.5. The number of likely N-dealkylation sites (tertiary alicyclic amines) is 1. The Balaban J connectivity index is 1.91. The number of amides is 2. The Kier molecular flexibility index (Phi) is 4.66. The number of rotatable bonds is 4. The van der Waals surface area contributed by atoms with Gasteiger partial charge in [0.15, 0.2) is 0 Å². The van der Waals surface area contributed by atoms with Crippen LogP contribution in [0.15, 0.2) is 23.1 Å². The van der Waals surface area contributed by atoms with E-state index in [-0.39, 0.29) is 6.04 Å². The third-order valence-corrected chi connectivity index (χ3v) is 5.55. The number of hydrogen-bond acceptors (Lipinski definition) is 4. The van der Waals surface area contributed by atoms with Gasteiger partial charge >= 0.3 is 12.2 Å². The van der Waals surface area contributed by atoms with Gasteiger partial charge in [0.2, 0.25) is 0 Å². The number of carbonyl (C=O) groups is 2. The maximum Gasteiger partial charge on any atom is 0.411 e. The molecule has 1 unspecified atom stereocenters. The van der Waals surface area contributed by atoms with Crippen molar-refractivity contribution in [1.82, 2.24) is 4.90 Å². The molecule has 7 heteroatoms. The molecule has 2 fully saturated rings. The number of benzene rings is 1. The van der Waals surface area contributed by atoms with E-state index in [1.807, 2.05) is 18.2 Å². The normalized spacial score (nSPS) is 20.4. The van der Waals surface area contributed by atoms with Crippen LogP contribution in [-0.2, 0) is 4.74 Å². The van der Waals surface area contributed by atoms with Crippen LogP contribution in [-0.4, -0.2) is 41.1 Å². The predicted octanol–water partition coefficient (Wildman–Crippen LogP) is 3.93. The van der Waals surface area contributed by atoms with E-state index in [0.29, 0.717) is 17.5 Å². The number of carboxylic acid groups (broad SMARTS) is 1. The monoisotopic (exact) mass is 336 g/mol. The summed E-state index contributed by atoms with van der Waals surface area (Å²) in [5.41, 5.74) is 1.61. The van der Waals surface area contributed by atoms with Gasteiger partial charge in [0.1, 0.15) is 0 Å². The molecule has 1 heterocycles. The van der Waals surface area contributed by atoms with Crippen LogP contribution in [0.2, 0.25) is 0 Å². The topological polar surface area (TPSA) is 78.9 Å². The van der Waals surface area contributed by atoms with E-state index < -0.39 is 12.2 Å². The van der Waals surface area contributed by atoms with Crippen LogP contribution in [0.5, 0.6) is 0 Å². The first kappa shape index (κ1) is 16.0. The highest BCUT2D eigenvalue weighted by molar-refractivity contribution is 8.00. The van der Waals surface area contributed by atoms with Crippen LogP contribution in [0.3, 0.4) is 0 Å². The molecular formula is C16H20N2O4S. The maximum absolute atomic E-state index is 11.5. The Bertz CT molecular complexity index is 618. The van der Waals surface area contributed by atoms with Gasteiger partial charge in [0.25, 0.3) is 0 Å². The van der Waals surface area contributed by atoms with Gasteiger partial charge in [0.05, 0.1) is 13.2 Å². The molecule has 1 aromatic rings. The van der Waals surface area contributed by atoms with Gasteiger partial charge in [-0.15, -0.1) is 11.8 Å². The lowest BCUT2D eigenvalue weighted by atomic mass is 10.0. The highest BCUT2D eigenvalue weighted by atomic mass is 32.2. The second-order valence-electron chi connectivity index (χ2n) is 5.82. The largest absolute Gasteiger partial charge is 0.465 e. The van der Waals surface area contributed by atoms with E-state index in [4.69, 9.17) is 0 Å². The molecule has 124 valence electrons. The summed E-state index contributed by atoms with van der Waals surface area (Å²) in [7, 11) is 1.32. The summed E-state index contributed by atoms with van der Waals surface area (Å²) in [5, 5.41) is 12.7. The average Bonchev–Trinajstić information content (AvgIpc) is 3.20. The van der Waals surface area contributed by atoms with E-state index in [1.54, 1.807) is 11.8 Å². The second kappa shape index (κ2) is 6.70. The van der Waals surface area contributed by atoms with Gasteiger partial charge in [0, 0.05) is 22.4 Å². The third kappa shape index (κ3) is 3.72. The molecular weight excluding hydrogens is 316 g/mol. The average molecular weight is 336 g/mol. The molecule has 2 amide bonds. The van der Waals surface area contributed by atoms with Gasteiger partial charge in [-0.1, -0.05) is 0 Å². The molecule has 1 aliphatic heterocycles. The Morgan fingerprint density at radius 1 is 1.35 bits per heavy atom. The molecule has 2 aliphatic rings. The zero-order valence-corrected chi connectivity index (χ0v) is 13.8. The molecule has 3 rings (SSSR count). The van der Waals surface area contributed by atoms with Crippen molar-refractivity contribution in [3.05, 3.63) is 23.8 Å². The van der Waals surface area contributed by atoms with Crippen LogP contribution in [0, 0.1) is 0 Å². The van der Waals surface area contributed by atoms with Crippen LogP contribution < -0.4 is 5.32 Å². The molecule has 0 spiro atoms. The summed E-state index contributed by atoms with van der Waals surface area (Å²) in [6.07, 6.45) is 2.67. The first-order chi connectivity index (χ1) is 11.1. The second-order valence-corrected chi connectivity index (χ2v) is 7.16. The molecule has 23 heavy (non-hydrogen) atoms. The Morgan fingerprint density at radius 2 is 2.13 bits per heavy atom. The fourth-order valence-corrected chi connectivity index (χ4v) is 4.06. The number of carbonyl (C=O) groups excluding carboxylic acids is 1. The lowest BCUT2D eigenvalue weighted by molar-refractivity contribution is 0.140. The first-order valence-electron chi connectivity index (χ1n) is 7.73. The van der Waals surface area contributed by atoms with E-state index >= 15 is 0 Å². The lowest BCUT2D eigenvalue weighted by Crippen LogP contribution is -2.29. The molecule has 1 aliphatic carbocycles. The highest BCUT2D eigenvalue weighted by Gasteiger charge is 2.33. The van der Waals surface area contributed by atoms with Crippen LogP contribution in [0.1, 0.15) is 37.3 Å². The number of thioether (sulfide) groups is 1. The third-order valence-electron chi connectivity index (χ3n) is 4.12. The SMILES string of the molecule is COC(=O)Nc1ccc(SC2CC2)c(C2CCCN2C(=O)O)c1. The zero-order chi connectivity index (χ0) is 16.4. The molecule has 1 aromatic carbocycles. The summed E-state index contributed by atoms with van der Waals surface area (Å²) >= 11 is 1.81. The predicted molar refractivity (Wildman–Crippen MR) is 88.1 cm³/mol. The van der Waals surface area contributed by atoms with Crippen molar-refractivity contribution < 1.29 is 19.4 Å². The quantitative estimate of drug-likeness (QED) is 0.871. The summed E-state index contributed by atoms with van der Waals surface area (Å²) in [6, 6.07) is 5.55. The standard InChI is InChI=1S/C16H20N2O4S/c1-22-15(19)17-10-4-7-14(23-11-5-6-11)12(9-10)13-3-2-8-18(13)16(20)21/h4,7,9,11,13H,2-3,5-6,8H2,1H3,(H,17,19)(H,20,21). The van der Waals surface area contributed by atoms with Crippen LogP contribution >= 0.6 is 11.8 Å². The minimum absolute atomic E-state index is 0.145. The number of ether oxygens (including phenoxy) is 1. The Hall–Kier alpha value is -1.89. The van der Waals surface area contributed by atoms with E-state index in [2.05, 4.69) is 10.1 Å². The van der Waals surface area contributed by atoms with E-state index in [1.165, 1.54) is 24.9 Å². The molecule has 0 bridgehead atoms. The van der Waals surface area contributed by atoms with Crippen molar-refractivity contribution in [1.29, 1.82) is 0 Å². The molecule has 0 aromatic heterocycles. The molecule has 6 nitrogen and oxygen atoms in total. The summed E-state index contributed by atoms with van der Waals surface area (Å²) < 4.78 is 4.62. The number of methoxy groups -OCH3 is 1. The highest BCUT2D eigenvalue weighted by Crippen LogP contribution is 2.45. The lowest BCUT2D eigenvalue weighted by Gasteiger charge is -2.24. The summed E-state index contributed by atoms with van der Waals surface area (Å²) in [6.45, 7) is 0.558. The van der Waals surface area contributed by atoms with Crippen molar-refractivity contribution >= 4 is 29.6 Å². The fraction of sp³-hybridized carbons (Fsp3) is 0.500. The smallest absolute Gasteiger partial charge is 0.411 e. The number of nitrogens with one attached hydrogen (secondary N) is 1. The minimum atomic E-state index is -0.888. The van der Waals surface area contributed by atoms with Gasteiger partial charge < -0.3 is 14.7 Å². The van der Waals surface area contributed by atoms with Crippen LogP contribution in [0.25, 0.3) is 0 Å². The van der Waals surface area contributed by atoms with Crippen LogP contribution in [0.4, 0.5) is 15.3 Å². The Labute approximate surface area is 139 Å². The Morgan fingerprint density at radius 3 is 2.78 bits per heavy atom. The van der Waals surface area contributed by atoms with Crippen molar-refractivity contribution in [2.45, 2.75) is 41.9 Å². The zero-order valence-electron chi connectivity index (χ0n) is 12.9. The molecule has 1 saturated heterocycles. The van der Waals surface area contributed by atoms with E-state index in [9.17, 15) is 14.7 Å².